The van der Waals surface area contributed by atoms with Crippen LogP contribution in [0.1, 0.15) is 11.1 Å². The summed E-state index contributed by atoms with van der Waals surface area (Å²) in [6.45, 7) is 3.93. The fraction of sp³-hybridized carbons (Fsp3) is 0.188. The zero-order chi connectivity index (χ0) is 15.4. The fourth-order valence-corrected chi connectivity index (χ4v) is 3.14. The average molecular weight is 413 g/mol. The molecule has 0 unspecified atom stereocenters. The van der Waals surface area contributed by atoms with Crippen molar-refractivity contribution in [3.63, 3.8) is 0 Å². The van der Waals surface area contributed by atoms with Gasteiger partial charge in [-0.15, -0.1) is 0 Å². The van der Waals surface area contributed by atoms with Crippen LogP contribution in [0.5, 0.6) is 5.75 Å². The van der Waals surface area contributed by atoms with Gasteiger partial charge in [-0.1, -0.05) is 18.2 Å². The molecule has 0 aliphatic carbocycles. The van der Waals surface area contributed by atoms with Crippen molar-refractivity contribution in [1.29, 1.82) is 0 Å². The number of halogens is 2. The Labute approximate surface area is 141 Å². The Bertz CT molecular complexity index is 648. The molecule has 0 saturated heterocycles. The Morgan fingerprint density at radius 1 is 1.14 bits per heavy atom. The lowest BCUT2D eigenvalue weighted by molar-refractivity contribution is -0.118. The van der Waals surface area contributed by atoms with Crippen LogP contribution in [0.15, 0.2) is 45.3 Å². The quantitative estimate of drug-likeness (QED) is 0.779. The van der Waals surface area contributed by atoms with Crippen LogP contribution in [0.3, 0.4) is 0 Å². The van der Waals surface area contributed by atoms with Crippen molar-refractivity contribution in [2.75, 3.05) is 11.9 Å². The van der Waals surface area contributed by atoms with E-state index in [2.05, 4.69) is 37.2 Å². The summed E-state index contributed by atoms with van der Waals surface area (Å²) in [6, 6.07) is 11.4. The van der Waals surface area contributed by atoms with Crippen LogP contribution in [-0.2, 0) is 4.79 Å². The summed E-state index contributed by atoms with van der Waals surface area (Å²) in [6.07, 6.45) is 0. The van der Waals surface area contributed by atoms with Crippen molar-refractivity contribution in [3.8, 4) is 5.75 Å². The van der Waals surface area contributed by atoms with Gasteiger partial charge in [0.15, 0.2) is 6.61 Å². The zero-order valence-electron chi connectivity index (χ0n) is 11.7. The zero-order valence-corrected chi connectivity index (χ0v) is 14.9. The Hall–Kier alpha value is -1.33. The molecule has 110 valence electrons. The Balaban J connectivity index is 2.01. The highest BCUT2D eigenvalue weighted by Crippen LogP contribution is 2.30. The van der Waals surface area contributed by atoms with Crippen molar-refractivity contribution in [2.24, 2.45) is 0 Å². The smallest absolute Gasteiger partial charge is 0.262 e. The highest BCUT2D eigenvalue weighted by molar-refractivity contribution is 9.11. The molecule has 0 aromatic heterocycles. The number of carbonyl (C=O) groups is 1. The predicted molar refractivity (Wildman–Crippen MR) is 91.9 cm³/mol. The topological polar surface area (TPSA) is 38.3 Å². The molecular weight excluding hydrogens is 398 g/mol. The number of amides is 1. The van der Waals surface area contributed by atoms with E-state index in [1.807, 2.05) is 50.2 Å². The minimum absolute atomic E-state index is 0.0379. The lowest BCUT2D eigenvalue weighted by atomic mass is 10.1. The number of nitrogens with one attached hydrogen (secondary N) is 1. The highest BCUT2D eigenvalue weighted by atomic mass is 79.9. The molecule has 5 heteroatoms. The van der Waals surface area contributed by atoms with Gasteiger partial charge in [0, 0.05) is 4.47 Å². The fourth-order valence-electron chi connectivity index (χ4n) is 1.97. The molecular formula is C16H15Br2NO2. The van der Waals surface area contributed by atoms with E-state index in [1.165, 1.54) is 0 Å². The van der Waals surface area contributed by atoms with E-state index < -0.39 is 0 Å². The van der Waals surface area contributed by atoms with E-state index in [4.69, 9.17) is 4.74 Å². The van der Waals surface area contributed by atoms with E-state index >= 15 is 0 Å². The third-order valence-corrected chi connectivity index (χ3v) is 4.15. The first-order valence-electron chi connectivity index (χ1n) is 6.41. The standard InChI is InChI=1S/C16H15Br2NO2/c1-10-7-11(2)16(13(18)8-10)21-9-15(20)19-14-6-4-3-5-12(14)17/h3-8H,9H2,1-2H3,(H,19,20). The predicted octanol–water partition coefficient (Wildman–Crippen LogP) is 4.85. The molecule has 0 aliphatic heterocycles. The molecule has 0 atom stereocenters. The number of hydrogen-bond acceptors (Lipinski definition) is 2. The van der Waals surface area contributed by atoms with Crippen LogP contribution in [0, 0.1) is 13.8 Å². The summed E-state index contributed by atoms with van der Waals surface area (Å²) in [4.78, 5) is 12.0. The molecule has 1 amide bonds. The van der Waals surface area contributed by atoms with E-state index in [0.29, 0.717) is 5.75 Å². The summed E-state index contributed by atoms with van der Waals surface area (Å²) in [7, 11) is 0. The van der Waals surface area contributed by atoms with Gasteiger partial charge in [0.1, 0.15) is 5.75 Å². The number of carbonyl (C=O) groups excluding carboxylic acids is 1. The summed E-state index contributed by atoms with van der Waals surface area (Å²) in [5.74, 6) is 0.497. The van der Waals surface area contributed by atoms with Crippen LogP contribution in [0.4, 0.5) is 5.69 Å². The third kappa shape index (κ3) is 4.32. The lowest BCUT2D eigenvalue weighted by Gasteiger charge is -2.12. The van der Waals surface area contributed by atoms with Crippen LogP contribution in [0.2, 0.25) is 0 Å². The summed E-state index contributed by atoms with van der Waals surface area (Å²) < 4.78 is 7.32. The lowest BCUT2D eigenvalue weighted by Crippen LogP contribution is -2.20. The number of anilines is 1. The maximum Gasteiger partial charge on any atom is 0.262 e. The molecule has 0 bridgehead atoms. The summed E-state index contributed by atoms with van der Waals surface area (Å²) in [5.41, 5.74) is 2.87. The Morgan fingerprint density at radius 3 is 2.52 bits per heavy atom. The Kier molecular flexibility index (Phi) is 5.42. The largest absolute Gasteiger partial charge is 0.482 e. The maximum absolute atomic E-state index is 12.0. The van der Waals surface area contributed by atoms with Crippen LogP contribution in [-0.4, -0.2) is 12.5 Å². The summed E-state index contributed by atoms with van der Waals surface area (Å²) >= 11 is 6.85. The molecule has 21 heavy (non-hydrogen) atoms. The number of ether oxygens (including phenoxy) is 1. The van der Waals surface area contributed by atoms with Crippen molar-refractivity contribution >= 4 is 43.5 Å². The van der Waals surface area contributed by atoms with Crippen molar-refractivity contribution < 1.29 is 9.53 Å². The normalized spacial score (nSPS) is 10.3. The molecule has 1 N–H and O–H groups in total. The molecule has 2 rings (SSSR count). The molecule has 3 nitrogen and oxygen atoms in total. The van der Waals surface area contributed by atoms with Gasteiger partial charge in [-0.2, -0.15) is 0 Å². The van der Waals surface area contributed by atoms with Gasteiger partial charge >= 0.3 is 0 Å². The molecule has 0 saturated carbocycles. The molecule has 0 heterocycles. The second kappa shape index (κ2) is 7.09. The molecule has 0 radical (unpaired) electrons. The first-order chi connectivity index (χ1) is 9.97. The number of aryl methyl sites for hydroxylation is 2. The Morgan fingerprint density at radius 2 is 1.86 bits per heavy atom. The second-order valence-corrected chi connectivity index (χ2v) is 6.42. The van der Waals surface area contributed by atoms with Gasteiger partial charge in [0.05, 0.1) is 10.2 Å². The van der Waals surface area contributed by atoms with Crippen LogP contribution >= 0.6 is 31.9 Å². The number of hydrogen-bond donors (Lipinski definition) is 1. The first-order valence-corrected chi connectivity index (χ1v) is 8.00. The molecule has 0 aliphatic rings. The third-order valence-electron chi connectivity index (χ3n) is 2.87. The number of para-hydroxylation sites is 1. The SMILES string of the molecule is Cc1cc(C)c(OCC(=O)Nc2ccccc2Br)c(Br)c1. The minimum atomic E-state index is -0.200. The van der Waals surface area contributed by atoms with E-state index in [-0.39, 0.29) is 12.5 Å². The van der Waals surface area contributed by atoms with Gasteiger partial charge in [-0.25, -0.2) is 0 Å². The van der Waals surface area contributed by atoms with E-state index in [1.54, 1.807) is 0 Å². The van der Waals surface area contributed by atoms with Gasteiger partial charge in [0.25, 0.3) is 5.91 Å². The number of benzene rings is 2. The van der Waals surface area contributed by atoms with E-state index in [9.17, 15) is 4.79 Å². The van der Waals surface area contributed by atoms with Gasteiger partial charge < -0.3 is 10.1 Å². The minimum Gasteiger partial charge on any atom is -0.482 e. The average Bonchev–Trinajstić information content (AvgIpc) is 2.40. The molecule has 0 fully saturated rings. The van der Waals surface area contributed by atoms with E-state index in [0.717, 1.165) is 25.8 Å². The van der Waals surface area contributed by atoms with Gasteiger partial charge in [-0.05, 0) is 75.0 Å². The van der Waals surface area contributed by atoms with Gasteiger partial charge in [-0.3, -0.25) is 4.79 Å². The van der Waals surface area contributed by atoms with Crippen molar-refractivity contribution in [3.05, 3.63) is 56.5 Å². The molecule has 2 aromatic rings. The van der Waals surface area contributed by atoms with Crippen LogP contribution < -0.4 is 10.1 Å². The summed E-state index contributed by atoms with van der Waals surface area (Å²) in [5, 5.41) is 2.80. The first kappa shape index (κ1) is 16.0. The number of rotatable bonds is 4. The molecule has 0 spiro atoms. The van der Waals surface area contributed by atoms with Crippen molar-refractivity contribution in [1.82, 2.24) is 0 Å². The molecule has 2 aromatic carbocycles. The van der Waals surface area contributed by atoms with Gasteiger partial charge in [0.2, 0.25) is 0 Å². The van der Waals surface area contributed by atoms with Crippen molar-refractivity contribution in [2.45, 2.75) is 13.8 Å². The maximum atomic E-state index is 12.0. The van der Waals surface area contributed by atoms with Crippen LogP contribution in [0.25, 0.3) is 0 Å². The monoisotopic (exact) mass is 411 g/mol. The highest BCUT2D eigenvalue weighted by Gasteiger charge is 2.10. The second-order valence-electron chi connectivity index (χ2n) is 4.71.